The van der Waals surface area contributed by atoms with E-state index in [1.807, 2.05) is 35.2 Å². The zero-order valence-electron chi connectivity index (χ0n) is 13.3. The second kappa shape index (κ2) is 7.29. The van der Waals surface area contributed by atoms with Gasteiger partial charge in [0.2, 0.25) is 5.91 Å². The Hall–Kier alpha value is -2.04. The number of likely N-dealkylation sites (tertiary alicyclic amines) is 1. The van der Waals surface area contributed by atoms with Crippen molar-refractivity contribution in [3.8, 4) is 0 Å². The molecule has 5 heteroatoms. The molecule has 1 aromatic rings. The van der Waals surface area contributed by atoms with Gasteiger partial charge in [-0.3, -0.25) is 10.2 Å². The highest BCUT2D eigenvalue weighted by atomic mass is 16.2. The minimum atomic E-state index is -0.596. The van der Waals surface area contributed by atoms with Crippen LogP contribution in [0.1, 0.15) is 44.6 Å². The molecule has 1 fully saturated rings. The predicted octanol–water partition coefficient (Wildman–Crippen LogP) is 2.18. The maximum atomic E-state index is 12.7. The van der Waals surface area contributed by atoms with Gasteiger partial charge in [0.25, 0.3) is 0 Å². The zero-order valence-corrected chi connectivity index (χ0v) is 13.3. The highest BCUT2D eigenvalue weighted by molar-refractivity contribution is 5.81. The summed E-state index contributed by atoms with van der Waals surface area (Å²) < 4.78 is 0. The highest BCUT2D eigenvalue weighted by Crippen LogP contribution is 2.31. The van der Waals surface area contributed by atoms with Gasteiger partial charge < -0.3 is 16.0 Å². The summed E-state index contributed by atoms with van der Waals surface area (Å²) in [7, 11) is 0. The number of hydrogen-bond acceptors (Lipinski definition) is 2. The number of guanidine groups is 1. The van der Waals surface area contributed by atoms with Crippen molar-refractivity contribution in [1.82, 2.24) is 10.2 Å². The quantitative estimate of drug-likeness (QED) is 0.556. The molecule has 1 aliphatic rings. The number of rotatable bonds is 6. The van der Waals surface area contributed by atoms with E-state index in [4.69, 9.17) is 11.1 Å². The molecule has 1 aliphatic heterocycles. The molecule has 4 N–H and O–H groups in total. The first-order chi connectivity index (χ1) is 10.6. The normalized spacial score (nSPS) is 17.0. The lowest BCUT2D eigenvalue weighted by Gasteiger charge is -2.36. The van der Waals surface area contributed by atoms with Crippen molar-refractivity contribution in [2.75, 3.05) is 13.1 Å². The minimum Gasteiger partial charge on any atom is -0.370 e. The van der Waals surface area contributed by atoms with Crippen molar-refractivity contribution in [2.24, 2.45) is 5.73 Å². The second-order valence-corrected chi connectivity index (χ2v) is 6.00. The van der Waals surface area contributed by atoms with Crippen LogP contribution in [0.3, 0.4) is 0 Å². The number of hydrogen-bond donors (Lipinski definition) is 3. The first-order valence-electron chi connectivity index (χ1n) is 8.03. The van der Waals surface area contributed by atoms with Crippen LogP contribution >= 0.6 is 0 Å². The molecule has 0 aromatic heterocycles. The van der Waals surface area contributed by atoms with Crippen molar-refractivity contribution in [2.45, 2.75) is 44.6 Å². The molecule has 0 radical (unpaired) electrons. The summed E-state index contributed by atoms with van der Waals surface area (Å²) in [6, 6.07) is 9.88. The zero-order chi connectivity index (χ0) is 16.0. The van der Waals surface area contributed by atoms with Gasteiger partial charge in [-0.25, -0.2) is 0 Å². The molecule has 0 saturated carbocycles. The lowest BCUT2D eigenvalue weighted by Crippen LogP contribution is -2.51. The third kappa shape index (κ3) is 3.78. The average molecular weight is 302 g/mol. The van der Waals surface area contributed by atoms with Crippen molar-refractivity contribution < 1.29 is 4.79 Å². The Morgan fingerprint density at radius 2 is 1.95 bits per heavy atom. The molecule has 1 atom stereocenters. The number of nitrogens with zero attached hydrogens (tertiary/aromatic N) is 1. The van der Waals surface area contributed by atoms with Crippen LogP contribution in [0.15, 0.2) is 30.3 Å². The van der Waals surface area contributed by atoms with Crippen LogP contribution in [0.4, 0.5) is 0 Å². The average Bonchev–Trinajstić information content (AvgIpc) is 3.02. The van der Waals surface area contributed by atoms with E-state index >= 15 is 0 Å². The third-order valence-corrected chi connectivity index (χ3v) is 4.29. The number of nitrogens with two attached hydrogens (primary N) is 1. The predicted molar refractivity (Wildman–Crippen MR) is 88.5 cm³/mol. The van der Waals surface area contributed by atoms with Gasteiger partial charge in [-0.15, -0.1) is 0 Å². The van der Waals surface area contributed by atoms with Gasteiger partial charge in [0.05, 0.1) is 12.0 Å². The number of carbonyl (C=O) groups is 1. The number of carbonyl (C=O) groups excluding carboxylic acids is 1. The van der Waals surface area contributed by atoms with Crippen molar-refractivity contribution in [3.63, 3.8) is 0 Å². The standard InChI is InChI=1S/C17H26N4O/c1-2-10-17(20-16(18)19,14-8-4-3-5-9-14)13-15(22)21-11-6-7-12-21/h3-5,8-9H,2,6-7,10-13H2,1H3,(H4,18,19,20). The Labute approximate surface area is 132 Å². The van der Waals surface area contributed by atoms with Crippen LogP contribution < -0.4 is 11.1 Å². The summed E-state index contributed by atoms with van der Waals surface area (Å²) in [6.45, 7) is 3.77. The lowest BCUT2D eigenvalue weighted by atomic mass is 9.82. The smallest absolute Gasteiger partial charge is 0.225 e. The molecule has 5 nitrogen and oxygen atoms in total. The maximum Gasteiger partial charge on any atom is 0.225 e. The van der Waals surface area contributed by atoms with E-state index in [1.54, 1.807) is 0 Å². The highest BCUT2D eigenvalue weighted by Gasteiger charge is 2.36. The molecule has 0 bridgehead atoms. The summed E-state index contributed by atoms with van der Waals surface area (Å²) in [4.78, 5) is 14.6. The molecule has 1 amide bonds. The Bertz CT molecular complexity index is 511. The Balaban J connectivity index is 2.29. The Kier molecular flexibility index (Phi) is 5.41. The van der Waals surface area contributed by atoms with Gasteiger partial charge in [0.15, 0.2) is 5.96 Å². The Morgan fingerprint density at radius 3 is 2.50 bits per heavy atom. The summed E-state index contributed by atoms with van der Waals surface area (Å²) in [6.07, 6.45) is 4.17. The van der Waals surface area contributed by atoms with Gasteiger partial charge in [-0.1, -0.05) is 43.7 Å². The van der Waals surface area contributed by atoms with Gasteiger partial charge in [0, 0.05) is 13.1 Å². The van der Waals surface area contributed by atoms with E-state index in [0.717, 1.165) is 44.3 Å². The monoisotopic (exact) mass is 302 g/mol. The fraction of sp³-hybridized carbons (Fsp3) is 0.529. The summed E-state index contributed by atoms with van der Waals surface area (Å²) in [5.74, 6) is 0.0510. The van der Waals surface area contributed by atoms with Gasteiger partial charge in [-0.05, 0) is 24.8 Å². The molecule has 1 saturated heterocycles. The summed E-state index contributed by atoms with van der Waals surface area (Å²) in [5, 5.41) is 10.8. The molecule has 0 spiro atoms. The van der Waals surface area contributed by atoms with E-state index in [0.29, 0.717) is 6.42 Å². The van der Waals surface area contributed by atoms with Crippen LogP contribution in [-0.4, -0.2) is 29.9 Å². The largest absolute Gasteiger partial charge is 0.370 e. The fourth-order valence-corrected chi connectivity index (χ4v) is 3.29. The first-order valence-corrected chi connectivity index (χ1v) is 8.03. The van der Waals surface area contributed by atoms with E-state index in [-0.39, 0.29) is 11.9 Å². The molecule has 0 aliphatic carbocycles. The van der Waals surface area contributed by atoms with Gasteiger partial charge >= 0.3 is 0 Å². The topological polar surface area (TPSA) is 82.2 Å². The van der Waals surface area contributed by atoms with Crippen molar-refractivity contribution >= 4 is 11.9 Å². The summed E-state index contributed by atoms with van der Waals surface area (Å²) in [5.41, 5.74) is 6.04. The van der Waals surface area contributed by atoms with E-state index in [2.05, 4.69) is 12.2 Å². The SMILES string of the molecule is CCCC(CC(=O)N1CCCC1)(NC(=N)N)c1ccccc1. The van der Waals surface area contributed by atoms with Gasteiger partial charge in [0.1, 0.15) is 0 Å². The number of amides is 1. The van der Waals surface area contributed by atoms with Gasteiger partial charge in [-0.2, -0.15) is 0 Å². The maximum absolute atomic E-state index is 12.7. The first kappa shape index (κ1) is 16.3. The van der Waals surface area contributed by atoms with E-state index in [9.17, 15) is 4.79 Å². The molecular formula is C17H26N4O. The molecular weight excluding hydrogens is 276 g/mol. The van der Waals surface area contributed by atoms with E-state index in [1.165, 1.54) is 0 Å². The van der Waals surface area contributed by atoms with Crippen LogP contribution in [0.25, 0.3) is 0 Å². The van der Waals surface area contributed by atoms with Crippen LogP contribution in [0, 0.1) is 5.41 Å². The number of benzene rings is 1. The van der Waals surface area contributed by atoms with Crippen LogP contribution in [-0.2, 0) is 10.3 Å². The molecule has 2 rings (SSSR count). The Morgan fingerprint density at radius 1 is 1.32 bits per heavy atom. The molecule has 1 aromatic carbocycles. The molecule has 120 valence electrons. The minimum absolute atomic E-state index is 0.0912. The lowest BCUT2D eigenvalue weighted by molar-refractivity contribution is -0.131. The van der Waals surface area contributed by atoms with Crippen LogP contribution in [0.2, 0.25) is 0 Å². The number of nitrogens with one attached hydrogen (secondary N) is 2. The van der Waals surface area contributed by atoms with E-state index < -0.39 is 5.54 Å². The fourth-order valence-electron chi connectivity index (χ4n) is 3.29. The third-order valence-electron chi connectivity index (χ3n) is 4.29. The second-order valence-electron chi connectivity index (χ2n) is 6.00. The molecule has 22 heavy (non-hydrogen) atoms. The van der Waals surface area contributed by atoms with Crippen molar-refractivity contribution in [1.29, 1.82) is 5.41 Å². The van der Waals surface area contributed by atoms with Crippen molar-refractivity contribution in [3.05, 3.63) is 35.9 Å². The molecule has 1 heterocycles. The summed E-state index contributed by atoms with van der Waals surface area (Å²) >= 11 is 0. The molecule has 1 unspecified atom stereocenters. The van der Waals surface area contributed by atoms with Crippen LogP contribution in [0.5, 0.6) is 0 Å².